The van der Waals surface area contributed by atoms with Crippen LogP contribution in [0.5, 0.6) is 0 Å². The number of nitrogens with one attached hydrogen (secondary N) is 1. The lowest BCUT2D eigenvalue weighted by Crippen LogP contribution is -2.02. The summed E-state index contributed by atoms with van der Waals surface area (Å²) in [6.45, 7) is 16.1. The monoisotopic (exact) mass is 372 g/mol. The molecule has 0 unspecified atom stereocenters. The summed E-state index contributed by atoms with van der Waals surface area (Å²) in [6, 6.07) is 10.1. The van der Waals surface area contributed by atoms with E-state index < -0.39 is 0 Å². The van der Waals surface area contributed by atoms with Crippen LogP contribution >= 0.6 is 0 Å². The maximum atomic E-state index is 5.83. The highest BCUT2D eigenvalue weighted by molar-refractivity contribution is 5.58. The molecule has 0 aromatic heterocycles. The van der Waals surface area contributed by atoms with Crippen molar-refractivity contribution in [1.82, 2.24) is 0 Å². The number of hydrogen-bond acceptors (Lipinski definition) is 2. The van der Waals surface area contributed by atoms with Crippen molar-refractivity contribution in [3.63, 3.8) is 0 Å². The highest BCUT2D eigenvalue weighted by Gasteiger charge is 2.04. The van der Waals surface area contributed by atoms with Gasteiger partial charge < -0.3 is 11.1 Å². The molecule has 0 amide bonds. The van der Waals surface area contributed by atoms with Gasteiger partial charge in [-0.2, -0.15) is 0 Å². The Morgan fingerprint density at radius 3 is 2.07 bits per heavy atom. The average Bonchev–Trinajstić information content (AvgIpc) is 2.70. The molecular formula is C26H32N2. The molecule has 146 valence electrons. The Morgan fingerprint density at radius 2 is 1.57 bits per heavy atom. The Hall–Kier alpha value is -3.26. The van der Waals surface area contributed by atoms with Crippen molar-refractivity contribution in [3.05, 3.63) is 126 Å². The first-order valence-corrected chi connectivity index (χ1v) is 9.39. The fraction of sp³-hybridized carbons (Fsp3) is 0.154. The molecule has 2 heteroatoms. The predicted octanol–water partition coefficient (Wildman–Crippen LogP) is 6.98. The van der Waals surface area contributed by atoms with E-state index in [-0.39, 0.29) is 0 Å². The van der Waals surface area contributed by atoms with Crippen molar-refractivity contribution in [1.29, 1.82) is 0 Å². The minimum atomic E-state index is 0.950. The Labute approximate surface area is 170 Å². The lowest BCUT2D eigenvalue weighted by atomic mass is 10.0. The number of anilines is 1. The summed E-state index contributed by atoms with van der Waals surface area (Å²) in [5.41, 5.74) is 12.9. The first-order chi connectivity index (χ1) is 13.5. The Bertz CT molecular complexity index is 857. The third-order valence-corrected chi connectivity index (χ3v) is 4.17. The molecule has 0 saturated carbocycles. The van der Waals surface area contributed by atoms with E-state index in [0.717, 1.165) is 39.2 Å². The van der Waals surface area contributed by atoms with Gasteiger partial charge in [-0.3, -0.25) is 0 Å². The van der Waals surface area contributed by atoms with E-state index in [1.54, 1.807) is 6.20 Å². The maximum absolute atomic E-state index is 5.83. The second-order valence-corrected chi connectivity index (χ2v) is 6.38. The van der Waals surface area contributed by atoms with Crippen molar-refractivity contribution in [2.45, 2.75) is 27.7 Å². The standard InChI is InChI=1S/C26H32N2/c1-7-13-23(24(19-27)14-8-2)17-22(9-3)18-26(21(6)20(4)5)28-25-15-11-10-12-16-25/h7-19,28H,3-4,27H2,1-2,5-6H3/b13-7-,14-8-,22-18+,23-17+,24-19+,26-21-. The molecule has 0 atom stereocenters. The molecule has 0 aliphatic rings. The molecule has 0 saturated heterocycles. The fourth-order valence-corrected chi connectivity index (χ4v) is 2.49. The normalized spacial score (nSPS) is 14.4. The maximum Gasteiger partial charge on any atom is 0.0422 e. The Balaban J connectivity index is 3.48. The van der Waals surface area contributed by atoms with Crippen LogP contribution in [0.1, 0.15) is 27.7 Å². The van der Waals surface area contributed by atoms with E-state index in [1.165, 1.54) is 0 Å². The van der Waals surface area contributed by atoms with Gasteiger partial charge in [0.15, 0.2) is 0 Å². The van der Waals surface area contributed by atoms with Gasteiger partial charge in [0.1, 0.15) is 0 Å². The molecule has 0 heterocycles. The average molecular weight is 373 g/mol. The minimum absolute atomic E-state index is 0.950. The first kappa shape index (κ1) is 22.8. The Kier molecular flexibility index (Phi) is 9.91. The van der Waals surface area contributed by atoms with Crippen LogP contribution in [0.3, 0.4) is 0 Å². The number of para-hydroxylation sites is 1. The van der Waals surface area contributed by atoms with Crippen molar-refractivity contribution in [2.75, 3.05) is 5.32 Å². The molecule has 0 aliphatic carbocycles. The summed E-state index contributed by atoms with van der Waals surface area (Å²) in [6.07, 6.45) is 15.6. The fourth-order valence-electron chi connectivity index (χ4n) is 2.49. The van der Waals surface area contributed by atoms with Crippen LogP contribution in [0, 0.1) is 0 Å². The van der Waals surface area contributed by atoms with Crippen molar-refractivity contribution in [2.24, 2.45) is 5.73 Å². The molecule has 0 bridgehead atoms. The highest BCUT2D eigenvalue weighted by Crippen LogP contribution is 2.21. The first-order valence-electron chi connectivity index (χ1n) is 9.39. The summed E-state index contributed by atoms with van der Waals surface area (Å²) in [5, 5.41) is 3.49. The van der Waals surface area contributed by atoms with Crippen molar-refractivity contribution >= 4 is 5.69 Å². The van der Waals surface area contributed by atoms with Crippen LogP contribution in [-0.4, -0.2) is 0 Å². The van der Waals surface area contributed by atoms with Gasteiger partial charge in [-0.15, -0.1) is 0 Å². The number of rotatable bonds is 9. The minimum Gasteiger partial charge on any atom is -0.404 e. The molecule has 2 nitrogen and oxygen atoms in total. The predicted molar refractivity (Wildman–Crippen MR) is 126 cm³/mol. The van der Waals surface area contributed by atoms with E-state index in [0.29, 0.717) is 0 Å². The second kappa shape index (κ2) is 12.2. The molecular weight excluding hydrogens is 340 g/mol. The number of nitrogens with two attached hydrogens (primary N) is 1. The highest BCUT2D eigenvalue weighted by atomic mass is 14.9. The SMILES string of the molecule is C=CC(=C\C(Nc1ccccc1)=C(/C)C(=C)C)/C=C(\C=C/C)C(/C=C\C)=C/N. The van der Waals surface area contributed by atoms with Gasteiger partial charge in [0.05, 0.1) is 0 Å². The molecule has 0 radical (unpaired) electrons. The van der Waals surface area contributed by atoms with Gasteiger partial charge in [-0.1, -0.05) is 67.3 Å². The van der Waals surface area contributed by atoms with Gasteiger partial charge in [-0.05, 0) is 74.3 Å². The zero-order valence-electron chi connectivity index (χ0n) is 17.5. The summed E-state index contributed by atoms with van der Waals surface area (Å²) < 4.78 is 0. The third-order valence-electron chi connectivity index (χ3n) is 4.17. The molecule has 3 N–H and O–H groups in total. The van der Waals surface area contributed by atoms with Crippen LogP contribution < -0.4 is 11.1 Å². The van der Waals surface area contributed by atoms with E-state index in [9.17, 15) is 0 Å². The van der Waals surface area contributed by atoms with Gasteiger partial charge in [-0.25, -0.2) is 0 Å². The van der Waals surface area contributed by atoms with Crippen molar-refractivity contribution in [3.8, 4) is 0 Å². The van der Waals surface area contributed by atoms with Crippen LogP contribution in [0.2, 0.25) is 0 Å². The van der Waals surface area contributed by atoms with Gasteiger partial charge >= 0.3 is 0 Å². The second-order valence-electron chi connectivity index (χ2n) is 6.38. The van der Waals surface area contributed by atoms with Gasteiger partial charge in [0, 0.05) is 17.6 Å². The molecule has 0 fully saturated rings. The smallest absolute Gasteiger partial charge is 0.0422 e. The molecule has 1 rings (SSSR count). The van der Waals surface area contributed by atoms with Crippen LogP contribution in [0.4, 0.5) is 5.69 Å². The van der Waals surface area contributed by atoms with Crippen LogP contribution in [0.15, 0.2) is 126 Å². The zero-order valence-corrected chi connectivity index (χ0v) is 17.5. The Morgan fingerprint density at radius 1 is 0.964 bits per heavy atom. The molecule has 0 aliphatic heterocycles. The molecule has 0 spiro atoms. The zero-order chi connectivity index (χ0) is 20.9. The molecule has 1 aromatic carbocycles. The lowest BCUT2D eigenvalue weighted by Gasteiger charge is -2.13. The van der Waals surface area contributed by atoms with E-state index in [4.69, 9.17) is 5.73 Å². The van der Waals surface area contributed by atoms with Crippen molar-refractivity contribution < 1.29 is 0 Å². The summed E-state index contributed by atoms with van der Waals surface area (Å²) in [5.74, 6) is 0. The largest absolute Gasteiger partial charge is 0.404 e. The van der Waals surface area contributed by atoms with Gasteiger partial charge in [0.25, 0.3) is 0 Å². The molecule has 1 aromatic rings. The number of allylic oxidation sites excluding steroid dienone is 12. The summed E-state index contributed by atoms with van der Waals surface area (Å²) in [4.78, 5) is 0. The van der Waals surface area contributed by atoms with Crippen LogP contribution in [-0.2, 0) is 0 Å². The molecule has 28 heavy (non-hydrogen) atoms. The quantitative estimate of drug-likeness (QED) is 0.459. The summed E-state index contributed by atoms with van der Waals surface area (Å²) in [7, 11) is 0. The van der Waals surface area contributed by atoms with E-state index in [1.807, 2.05) is 81.5 Å². The van der Waals surface area contributed by atoms with E-state index in [2.05, 4.69) is 37.6 Å². The topological polar surface area (TPSA) is 38.0 Å². The third kappa shape index (κ3) is 7.16. The van der Waals surface area contributed by atoms with Crippen LogP contribution in [0.25, 0.3) is 0 Å². The number of hydrogen-bond donors (Lipinski definition) is 2. The lowest BCUT2D eigenvalue weighted by molar-refractivity contribution is 1.28. The number of benzene rings is 1. The summed E-state index contributed by atoms with van der Waals surface area (Å²) >= 11 is 0. The van der Waals surface area contributed by atoms with E-state index >= 15 is 0 Å². The van der Waals surface area contributed by atoms with Gasteiger partial charge in [0.2, 0.25) is 0 Å².